The molecule has 6 rings (SSSR count). The predicted octanol–water partition coefficient (Wildman–Crippen LogP) is 7.31. The molecule has 0 unspecified atom stereocenters. The van der Waals surface area contributed by atoms with Crippen LogP contribution in [0, 0.1) is 12.9 Å². The molecule has 38 heavy (non-hydrogen) atoms. The van der Waals surface area contributed by atoms with Crippen LogP contribution < -0.4 is 0 Å². The first kappa shape index (κ1) is 24.2. The molecule has 0 aliphatic carbocycles. The first-order valence-electron chi connectivity index (χ1n) is 11.8. The van der Waals surface area contributed by atoms with Crippen molar-refractivity contribution < 1.29 is 14.3 Å². The zero-order chi connectivity index (χ0) is 26.6. The van der Waals surface area contributed by atoms with Gasteiger partial charge >= 0.3 is 5.97 Å². The van der Waals surface area contributed by atoms with Gasteiger partial charge in [0.2, 0.25) is 5.95 Å². The van der Waals surface area contributed by atoms with Gasteiger partial charge in [-0.3, -0.25) is 14.5 Å². The number of aromatic nitrogens is 4. The quantitative estimate of drug-likeness (QED) is 0.247. The van der Waals surface area contributed by atoms with E-state index in [2.05, 4.69) is 10.1 Å². The van der Waals surface area contributed by atoms with Gasteiger partial charge in [-0.1, -0.05) is 29.8 Å². The summed E-state index contributed by atoms with van der Waals surface area (Å²) in [6.45, 7) is 1.91. The topological polar surface area (TPSA) is 80.9 Å². The number of rotatable bonds is 5. The zero-order valence-electron chi connectivity index (χ0n) is 20.4. The van der Waals surface area contributed by atoms with Crippen LogP contribution in [0.5, 0.6) is 0 Å². The van der Waals surface area contributed by atoms with Crippen LogP contribution in [0.15, 0.2) is 66.9 Å². The van der Waals surface area contributed by atoms with Crippen molar-refractivity contribution in [2.45, 2.75) is 13.3 Å². The lowest BCUT2D eigenvalue weighted by molar-refractivity contribution is -0.136. The van der Waals surface area contributed by atoms with Gasteiger partial charge in [0.05, 0.1) is 33.2 Å². The molecule has 0 radical (unpaired) electrons. The second-order valence-corrected chi connectivity index (χ2v) is 10.5. The summed E-state index contributed by atoms with van der Waals surface area (Å²) in [5, 5.41) is 15.3. The second kappa shape index (κ2) is 9.31. The number of thiazole rings is 1. The maximum Gasteiger partial charge on any atom is 0.307 e. The average Bonchev–Trinajstić information content (AvgIpc) is 3.45. The molecule has 0 amide bonds. The molecule has 0 saturated heterocycles. The van der Waals surface area contributed by atoms with Gasteiger partial charge in [0.25, 0.3) is 0 Å². The predicted molar refractivity (Wildman–Crippen MR) is 149 cm³/mol. The Bertz CT molecular complexity index is 1880. The lowest BCUT2D eigenvalue weighted by Crippen LogP contribution is -2.04. The van der Waals surface area contributed by atoms with E-state index in [9.17, 15) is 14.3 Å². The second-order valence-electron chi connectivity index (χ2n) is 9.07. The minimum Gasteiger partial charge on any atom is -0.481 e. The Morgan fingerprint density at radius 3 is 2.58 bits per heavy atom. The molecule has 9 heteroatoms. The fraction of sp³-hybridized carbons (Fsp3) is 0.103. The van der Waals surface area contributed by atoms with E-state index in [4.69, 9.17) is 16.6 Å². The summed E-state index contributed by atoms with van der Waals surface area (Å²) in [5.74, 6) is -1.39. The van der Waals surface area contributed by atoms with Crippen molar-refractivity contribution in [3.8, 4) is 33.0 Å². The highest BCUT2D eigenvalue weighted by Gasteiger charge is 2.20. The molecule has 1 N–H and O–H groups in total. The maximum absolute atomic E-state index is 14.0. The summed E-state index contributed by atoms with van der Waals surface area (Å²) >= 11 is 7.64. The van der Waals surface area contributed by atoms with Crippen LogP contribution in [0.1, 0.15) is 11.1 Å². The third kappa shape index (κ3) is 4.21. The number of nitrogens with zero attached hydrogens (tertiary/aromatic N) is 4. The summed E-state index contributed by atoms with van der Waals surface area (Å²) in [6.07, 6.45) is 1.63. The molecule has 188 valence electrons. The Balaban J connectivity index is 1.50. The SMILES string of the molecule is Cc1cc2nc(-c3ccnc(-c4ccc5c(F)nn(C)c5c4)c3)sc2c(-c2ccc(Cl)cc2)c1CC(=O)O. The van der Waals surface area contributed by atoms with Gasteiger partial charge in [-0.15, -0.1) is 16.4 Å². The number of hydrogen-bond donors (Lipinski definition) is 1. The molecule has 0 aliphatic heterocycles. The lowest BCUT2D eigenvalue weighted by Gasteiger charge is -2.13. The van der Waals surface area contributed by atoms with Gasteiger partial charge in [0.15, 0.2) is 0 Å². The number of carbonyl (C=O) groups is 1. The number of carboxylic acid groups (broad SMARTS) is 1. The molecule has 0 bridgehead atoms. The van der Waals surface area contributed by atoms with Gasteiger partial charge in [-0.05, 0) is 66.1 Å². The molecule has 3 heterocycles. The van der Waals surface area contributed by atoms with Crippen LogP contribution in [0.4, 0.5) is 4.39 Å². The van der Waals surface area contributed by atoms with E-state index in [-0.39, 0.29) is 6.42 Å². The molecule has 6 aromatic rings. The van der Waals surface area contributed by atoms with E-state index >= 15 is 0 Å². The number of pyridine rings is 1. The fourth-order valence-electron chi connectivity index (χ4n) is 4.75. The van der Waals surface area contributed by atoms with Gasteiger partial charge < -0.3 is 5.11 Å². The first-order chi connectivity index (χ1) is 18.3. The van der Waals surface area contributed by atoms with Crippen molar-refractivity contribution in [3.63, 3.8) is 0 Å². The summed E-state index contributed by atoms with van der Waals surface area (Å²) < 4.78 is 16.5. The van der Waals surface area contributed by atoms with E-state index in [1.54, 1.807) is 31.4 Å². The van der Waals surface area contributed by atoms with Crippen LogP contribution in [-0.2, 0) is 18.3 Å². The Hall–Kier alpha value is -4.14. The largest absolute Gasteiger partial charge is 0.481 e. The monoisotopic (exact) mass is 542 g/mol. The number of aliphatic carboxylic acids is 1. The number of carboxylic acids is 1. The first-order valence-corrected chi connectivity index (χ1v) is 13.0. The summed E-state index contributed by atoms with van der Waals surface area (Å²) in [4.78, 5) is 21.2. The minimum atomic E-state index is -0.892. The molecule has 0 spiro atoms. The van der Waals surface area contributed by atoms with E-state index in [1.165, 1.54) is 16.0 Å². The third-order valence-corrected chi connectivity index (χ3v) is 7.97. The van der Waals surface area contributed by atoms with Crippen LogP contribution in [0.3, 0.4) is 0 Å². The van der Waals surface area contributed by atoms with Crippen molar-refractivity contribution in [1.82, 2.24) is 19.7 Å². The average molecular weight is 543 g/mol. The molecule has 3 aromatic carbocycles. The van der Waals surface area contributed by atoms with Crippen LogP contribution in [-0.4, -0.2) is 30.8 Å². The highest BCUT2D eigenvalue weighted by molar-refractivity contribution is 7.22. The zero-order valence-corrected chi connectivity index (χ0v) is 21.9. The van der Waals surface area contributed by atoms with Gasteiger partial charge in [-0.25, -0.2) is 4.98 Å². The van der Waals surface area contributed by atoms with Crippen molar-refractivity contribution >= 4 is 50.0 Å². The smallest absolute Gasteiger partial charge is 0.307 e. The standard InChI is InChI=1S/C29H20ClFN4O2S/c1-15-11-23-27(26(21(15)14-25(36)37)16-3-6-19(30)7-4-16)38-29(33-23)18-9-10-32-22(12-18)17-5-8-20-24(13-17)35(2)34-28(20)31/h3-13H,14H2,1-2H3,(H,36,37). The molecule has 0 fully saturated rings. The van der Waals surface area contributed by atoms with Crippen molar-refractivity contribution in [2.24, 2.45) is 7.05 Å². The van der Waals surface area contributed by atoms with Crippen LogP contribution in [0.2, 0.25) is 5.02 Å². The van der Waals surface area contributed by atoms with Crippen molar-refractivity contribution in [1.29, 1.82) is 0 Å². The fourth-order valence-corrected chi connectivity index (χ4v) is 6.01. The maximum atomic E-state index is 14.0. The van der Waals surface area contributed by atoms with E-state index < -0.39 is 11.9 Å². The lowest BCUT2D eigenvalue weighted by atomic mass is 9.93. The van der Waals surface area contributed by atoms with Crippen molar-refractivity contribution in [3.05, 3.63) is 89.0 Å². The van der Waals surface area contributed by atoms with Crippen LogP contribution >= 0.6 is 22.9 Å². The Morgan fingerprint density at radius 1 is 1.05 bits per heavy atom. The Labute approximate surface area is 226 Å². The Morgan fingerprint density at radius 2 is 1.82 bits per heavy atom. The molecule has 0 aliphatic rings. The number of fused-ring (bicyclic) bond motifs is 2. The molecule has 3 aromatic heterocycles. The van der Waals surface area contributed by atoms with Gasteiger partial charge in [0.1, 0.15) is 5.01 Å². The van der Waals surface area contributed by atoms with E-state index in [1.807, 2.05) is 49.4 Å². The molecular weight excluding hydrogens is 523 g/mol. The molecule has 0 saturated carbocycles. The van der Waals surface area contributed by atoms with E-state index in [0.717, 1.165) is 54.3 Å². The number of hydrogen-bond acceptors (Lipinski definition) is 5. The molecular formula is C29H20ClFN4O2S. The number of halogens is 2. The normalized spacial score (nSPS) is 11.5. The third-order valence-electron chi connectivity index (χ3n) is 6.58. The summed E-state index contributed by atoms with van der Waals surface area (Å²) in [5.41, 5.74) is 7.31. The number of benzene rings is 3. The van der Waals surface area contributed by atoms with Crippen molar-refractivity contribution in [2.75, 3.05) is 0 Å². The Kier molecular flexibility index (Phi) is 5.93. The molecule has 0 atom stereocenters. The highest BCUT2D eigenvalue weighted by Crippen LogP contribution is 2.41. The highest BCUT2D eigenvalue weighted by atomic mass is 35.5. The summed E-state index contributed by atoms with van der Waals surface area (Å²) in [6, 6.07) is 18.6. The minimum absolute atomic E-state index is 0.0938. The molecule has 6 nitrogen and oxygen atoms in total. The van der Waals surface area contributed by atoms with E-state index in [0.29, 0.717) is 15.9 Å². The number of aryl methyl sites for hydroxylation is 2. The van der Waals surface area contributed by atoms with Crippen LogP contribution in [0.25, 0.3) is 54.1 Å². The van der Waals surface area contributed by atoms with Gasteiger partial charge in [-0.2, -0.15) is 4.39 Å². The van der Waals surface area contributed by atoms with Gasteiger partial charge in [0, 0.05) is 35.0 Å². The summed E-state index contributed by atoms with van der Waals surface area (Å²) in [7, 11) is 1.71.